The molecule has 1 heterocycles. The molecule has 86 valence electrons. The van der Waals surface area contributed by atoms with Gasteiger partial charge in [0.1, 0.15) is 12.1 Å². The summed E-state index contributed by atoms with van der Waals surface area (Å²) in [7, 11) is 0. The van der Waals surface area contributed by atoms with Crippen LogP contribution in [0.1, 0.15) is 27.2 Å². The number of esters is 1. The quantitative estimate of drug-likeness (QED) is 0.565. The predicted molar refractivity (Wildman–Crippen MR) is 59.8 cm³/mol. The molecule has 1 fully saturated rings. The Morgan fingerprint density at radius 3 is 2.60 bits per heavy atom. The van der Waals surface area contributed by atoms with Crippen LogP contribution in [0.15, 0.2) is 0 Å². The average Bonchev–Trinajstić information content (AvgIpc) is 2.32. The molecule has 0 saturated carbocycles. The number of hydrogen-bond acceptors (Lipinski definition) is 3. The highest BCUT2D eigenvalue weighted by molar-refractivity contribution is 9.10. The summed E-state index contributed by atoms with van der Waals surface area (Å²) >= 11 is 3.25. The van der Waals surface area contributed by atoms with Crippen molar-refractivity contribution in [2.75, 3.05) is 13.1 Å². The molecule has 1 aliphatic rings. The van der Waals surface area contributed by atoms with Gasteiger partial charge in [0.2, 0.25) is 5.91 Å². The molecule has 1 atom stereocenters. The molecular formula is C10H16BrNO3. The minimum absolute atomic E-state index is 0.0270. The number of halogens is 1. The van der Waals surface area contributed by atoms with E-state index in [9.17, 15) is 9.59 Å². The molecule has 0 aromatic rings. The van der Waals surface area contributed by atoms with Crippen molar-refractivity contribution in [1.82, 2.24) is 4.90 Å². The molecule has 0 unspecified atom stereocenters. The summed E-state index contributed by atoms with van der Waals surface area (Å²) in [6, 6.07) is 0. The van der Waals surface area contributed by atoms with Gasteiger partial charge >= 0.3 is 5.97 Å². The van der Waals surface area contributed by atoms with E-state index in [0.717, 1.165) is 6.42 Å². The van der Waals surface area contributed by atoms with Gasteiger partial charge in [0.25, 0.3) is 0 Å². The van der Waals surface area contributed by atoms with Crippen LogP contribution in [0.5, 0.6) is 0 Å². The number of ether oxygens (including phenoxy) is 1. The maximum absolute atomic E-state index is 11.5. The van der Waals surface area contributed by atoms with Crippen LogP contribution in [0.25, 0.3) is 0 Å². The number of carbonyl (C=O) groups is 2. The molecule has 1 aliphatic heterocycles. The van der Waals surface area contributed by atoms with Crippen LogP contribution in [-0.2, 0) is 14.3 Å². The first-order valence-corrected chi connectivity index (χ1v) is 5.86. The Hall–Kier alpha value is -0.580. The minimum atomic E-state index is -0.492. The first-order valence-electron chi connectivity index (χ1n) is 4.94. The molecule has 0 spiro atoms. The van der Waals surface area contributed by atoms with Crippen LogP contribution < -0.4 is 0 Å². The smallest absolute Gasteiger partial charge is 0.326 e. The maximum atomic E-state index is 11.5. The molecule has 0 radical (unpaired) electrons. The van der Waals surface area contributed by atoms with Crippen molar-refractivity contribution < 1.29 is 14.3 Å². The van der Waals surface area contributed by atoms with E-state index in [1.54, 1.807) is 0 Å². The van der Waals surface area contributed by atoms with Gasteiger partial charge in [0, 0.05) is 6.54 Å². The molecule has 0 bridgehead atoms. The summed E-state index contributed by atoms with van der Waals surface area (Å²) in [6.45, 7) is 6.10. The van der Waals surface area contributed by atoms with Crippen molar-refractivity contribution in [3.8, 4) is 0 Å². The van der Waals surface area contributed by atoms with Gasteiger partial charge in [-0.25, -0.2) is 0 Å². The highest BCUT2D eigenvalue weighted by Crippen LogP contribution is 2.18. The normalized spacial score (nSPS) is 22.0. The van der Waals surface area contributed by atoms with Gasteiger partial charge in [-0.2, -0.15) is 0 Å². The van der Waals surface area contributed by atoms with Gasteiger partial charge in [0.15, 0.2) is 0 Å². The van der Waals surface area contributed by atoms with Crippen molar-refractivity contribution in [3.63, 3.8) is 0 Å². The van der Waals surface area contributed by atoms with Gasteiger partial charge in [-0.1, -0.05) is 15.9 Å². The fraction of sp³-hybridized carbons (Fsp3) is 0.800. The molecule has 5 heteroatoms. The number of carbonyl (C=O) groups excluding carboxylic acids is 2. The van der Waals surface area contributed by atoms with E-state index in [0.29, 0.717) is 6.54 Å². The molecule has 4 nitrogen and oxygen atoms in total. The lowest BCUT2D eigenvalue weighted by atomic mass is 10.2. The highest BCUT2D eigenvalue weighted by atomic mass is 79.9. The van der Waals surface area contributed by atoms with Crippen LogP contribution in [0.3, 0.4) is 0 Å². The average molecular weight is 278 g/mol. The van der Waals surface area contributed by atoms with Crippen LogP contribution in [0, 0.1) is 0 Å². The lowest BCUT2D eigenvalue weighted by Gasteiger charge is -2.22. The Balaban J connectivity index is 2.43. The van der Waals surface area contributed by atoms with E-state index in [2.05, 4.69) is 15.9 Å². The third-order valence-electron chi connectivity index (χ3n) is 1.97. The zero-order valence-corrected chi connectivity index (χ0v) is 10.8. The first kappa shape index (κ1) is 12.5. The van der Waals surface area contributed by atoms with Crippen molar-refractivity contribution in [2.24, 2.45) is 0 Å². The highest BCUT2D eigenvalue weighted by Gasteiger charge is 2.31. The van der Waals surface area contributed by atoms with Crippen molar-refractivity contribution in [1.29, 1.82) is 0 Å². The Morgan fingerprint density at radius 2 is 2.20 bits per heavy atom. The van der Waals surface area contributed by atoms with E-state index < -0.39 is 5.60 Å². The lowest BCUT2D eigenvalue weighted by Crippen LogP contribution is -2.36. The topological polar surface area (TPSA) is 46.6 Å². The summed E-state index contributed by atoms with van der Waals surface area (Å²) in [5, 5.41) is 0. The largest absolute Gasteiger partial charge is 0.459 e. The summed E-state index contributed by atoms with van der Waals surface area (Å²) in [5.41, 5.74) is -0.492. The number of rotatable bonds is 2. The zero-order chi connectivity index (χ0) is 11.6. The molecule has 0 N–H and O–H groups in total. The van der Waals surface area contributed by atoms with Crippen LogP contribution >= 0.6 is 15.9 Å². The van der Waals surface area contributed by atoms with Gasteiger partial charge < -0.3 is 9.64 Å². The summed E-state index contributed by atoms with van der Waals surface area (Å²) in [4.78, 5) is 24.3. The fourth-order valence-corrected chi connectivity index (χ4v) is 1.88. The number of alkyl halides is 1. The SMILES string of the molecule is CC(C)(C)OC(=O)CN1CC[C@H](Br)C1=O. The van der Waals surface area contributed by atoms with Gasteiger partial charge in [0.05, 0.1) is 4.83 Å². The van der Waals surface area contributed by atoms with Crippen LogP contribution in [-0.4, -0.2) is 40.3 Å². The summed E-state index contributed by atoms with van der Waals surface area (Å²) in [6.07, 6.45) is 0.752. The minimum Gasteiger partial charge on any atom is -0.459 e. The van der Waals surface area contributed by atoms with E-state index >= 15 is 0 Å². The van der Waals surface area contributed by atoms with Gasteiger partial charge in [-0.15, -0.1) is 0 Å². The van der Waals surface area contributed by atoms with E-state index in [1.807, 2.05) is 20.8 Å². The molecule has 1 saturated heterocycles. The van der Waals surface area contributed by atoms with E-state index in [1.165, 1.54) is 4.90 Å². The van der Waals surface area contributed by atoms with E-state index in [-0.39, 0.29) is 23.2 Å². The second kappa shape index (κ2) is 4.51. The molecule has 15 heavy (non-hydrogen) atoms. The predicted octanol–water partition coefficient (Wildman–Crippen LogP) is 1.32. The van der Waals surface area contributed by atoms with Crippen molar-refractivity contribution >= 4 is 27.8 Å². The van der Waals surface area contributed by atoms with Crippen molar-refractivity contribution in [2.45, 2.75) is 37.6 Å². The Kier molecular flexibility index (Phi) is 3.76. The van der Waals surface area contributed by atoms with Crippen LogP contribution in [0.2, 0.25) is 0 Å². The summed E-state index contributed by atoms with van der Waals surface area (Å²) in [5.74, 6) is -0.377. The third-order valence-corrected chi connectivity index (χ3v) is 2.82. The van der Waals surface area contributed by atoms with Gasteiger partial charge in [-0.3, -0.25) is 9.59 Å². The molecule has 1 amide bonds. The van der Waals surface area contributed by atoms with Crippen molar-refractivity contribution in [3.05, 3.63) is 0 Å². The lowest BCUT2D eigenvalue weighted by molar-refractivity contribution is -0.157. The monoisotopic (exact) mass is 277 g/mol. The second-order valence-electron chi connectivity index (χ2n) is 4.60. The van der Waals surface area contributed by atoms with Crippen LogP contribution in [0.4, 0.5) is 0 Å². The first-order chi connectivity index (χ1) is 6.79. The van der Waals surface area contributed by atoms with Gasteiger partial charge in [-0.05, 0) is 27.2 Å². The standard InChI is InChI=1S/C10H16BrNO3/c1-10(2,3)15-8(13)6-12-5-4-7(11)9(12)14/h7H,4-6H2,1-3H3/t7-/m0/s1. The number of amides is 1. The molecule has 0 aromatic heterocycles. The molecule has 1 rings (SSSR count). The molecule has 0 aromatic carbocycles. The van der Waals surface area contributed by atoms with E-state index in [4.69, 9.17) is 4.74 Å². The molecule has 0 aliphatic carbocycles. The Morgan fingerprint density at radius 1 is 1.60 bits per heavy atom. The second-order valence-corrected chi connectivity index (χ2v) is 5.71. The maximum Gasteiger partial charge on any atom is 0.326 e. The number of hydrogen-bond donors (Lipinski definition) is 0. The number of likely N-dealkylation sites (tertiary alicyclic amines) is 1. The fourth-order valence-electron chi connectivity index (χ4n) is 1.39. The zero-order valence-electron chi connectivity index (χ0n) is 9.25. The summed E-state index contributed by atoms with van der Waals surface area (Å²) < 4.78 is 5.14. The number of nitrogens with zero attached hydrogens (tertiary/aromatic N) is 1. The Labute approximate surface area is 98.1 Å². The third kappa shape index (κ3) is 3.81. The molecular weight excluding hydrogens is 262 g/mol. The Bertz CT molecular complexity index is 272.